The minimum absolute atomic E-state index is 0.0683. The van der Waals surface area contributed by atoms with Crippen LogP contribution in [0, 0.1) is 0 Å². The van der Waals surface area contributed by atoms with Crippen LogP contribution in [0.2, 0.25) is 0 Å². The summed E-state index contributed by atoms with van der Waals surface area (Å²) in [5, 5.41) is 13.8. The van der Waals surface area contributed by atoms with Gasteiger partial charge in [0.1, 0.15) is 5.60 Å². The molecule has 2 bridgehead atoms. The third-order valence-electron chi connectivity index (χ3n) is 3.54. The van der Waals surface area contributed by atoms with E-state index in [0.717, 1.165) is 5.70 Å². The molecule has 0 saturated carbocycles. The van der Waals surface area contributed by atoms with Crippen molar-refractivity contribution in [1.29, 1.82) is 0 Å². The molecule has 0 spiro atoms. The highest BCUT2D eigenvalue weighted by Gasteiger charge is 2.40. The lowest BCUT2D eigenvalue weighted by Gasteiger charge is -2.31. The number of rotatable bonds is 3. The molecule has 0 unspecified atom stereocenters. The summed E-state index contributed by atoms with van der Waals surface area (Å²) >= 11 is 0. The fourth-order valence-electron chi connectivity index (χ4n) is 2.68. The molecule has 2 aliphatic heterocycles. The van der Waals surface area contributed by atoms with E-state index in [4.69, 9.17) is 4.74 Å². The van der Waals surface area contributed by atoms with Crippen molar-refractivity contribution in [3.8, 4) is 0 Å². The van der Waals surface area contributed by atoms with Crippen molar-refractivity contribution in [2.75, 3.05) is 13.1 Å². The second kappa shape index (κ2) is 5.56. The minimum atomic E-state index is -0.574. The van der Waals surface area contributed by atoms with Gasteiger partial charge in [-0.3, -0.25) is 0 Å². The molecule has 124 valence electrons. The number of nitrogens with one attached hydrogen (secondary N) is 2. The molecular weight excluding hydrogens is 300 g/mol. The Morgan fingerprint density at radius 1 is 1.43 bits per heavy atom. The van der Waals surface area contributed by atoms with Gasteiger partial charge >= 0.3 is 12.1 Å². The number of aromatic nitrogens is 3. The van der Waals surface area contributed by atoms with Gasteiger partial charge in [0.15, 0.2) is 0 Å². The van der Waals surface area contributed by atoms with Crippen LogP contribution in [0.1, 0.15) is 20.8 Å². The van der Waals surface area contributed by atoms with Gasteiger partial charge in [0.05, 0.1) is 30.2 Å². The molecule has 1 aromatic heterocycles. The lowest BCUT2D eigenvalue weighted by atomic mass is 10.1. The number of alkyl carbamates (subject to hydrolysis) is 1. The summed E-state index contributed by atoms with van der Waals surface area (Å²) in [4.78, 5) is 27.1. The summed E-state index contributed by atoms with van der Waals surface area (Å²) in [6.07, 6.45) is 4.54. The molecule has 0 radical (unpaired) electrons. The third-order valence-corrected chi connectivity index (χ3v) is 3.54. The normalized spacial score (nSPS) is 23.3. The van der Waals surface area contributed by atoms with Crippen LogP contribution in [0.3, 0.4) is 0 Å². The molecule has 0 aliphatic carbocycles. The van der Waals surface area contributed by atoms with Crippen molar-refractivity contribution in [2.24, 2.45) is 0 Å². The zero-order valence-corrected chi connectivity index (χ0v) is 13.3. The largest absolute Gasteiger partial charge is 0.444 e. The zero-order chi connectivity index (χ0) is 16.6. The molecule has 9 nitrogen and oxygen atoms in total. The number of ether oxygens (including phenoxy) is 1. The third kappa shape index (κ3) is 3.27. The lowest BCUT2D eigenvalue weighted by Crippen LogP contribution is -2.49. The number of amides is 3. The highest BCUT2D eigenvalue weighted by Crippen LogP contribution is 2.25. The van der Waals surface area contributed by atoms with Crippen molar-refractivity contribution in [2.45, 2.75) is 38.5 Å². The van der Waals surface area contributed by atoms with E-state index in [0.29, 0.717) is 6.54 Å². The zero-order valence-electron chi connectivity index (χ0n) is 13.3. The van der Waals surface area contributed by atoms with Crippen LogP contribution >= 0.6 is 0 Å². The Balaban J connectivity index is 1.75. The fourth-order valence-corrected chi connectivity index (χ4v) is 2.68. The summed E-state index contributed by atoms with van der Waals surface area (Å²) < 4.78 is 5.23. The molecule has 1 aromatic rings. The Morgan fingerprint density at radius 3 is 2.78 bits per heavy atom. The van der Waals surface area contributed by atoms with Crippen LogP contribution < -0.4 is 10.6 Å². The Morgan fingerprint density at radius 2 is 2.13 bits per heavy atom. The van der Waals surface area contributed by atoms with Crippen molar-refractivity contribution in [3.05, 3.63) is 18.5 Å². The first-order valence-corrected chi connectivity index (χ1v) is 7.46. The van der Waals surface area contributed by atoms with Crippen molar-refractivity contribution >= 4 is 17.8 Å². The molecule has 23 heavy (non-hydrogen) atoms. The average molecular weight is 320 g/mol. The van der Waals surface area contributed by atoms with Crippen LogP contribution in [0.15, 0.2) is 18.5 Å². The number of urea groups is 1. The SMILES string of the molecule is CC(C)(C)OC(=O)NC[C@H]1C(n2nccn2)=C[C@@H]2CN1C(=O)N2. The van der Waals surface area contributed by atoms with Crippen LogP contribution in [0.25, 0.3) is 5.70 Å². The van der Waals surface area contributed by atoms with Crippen LogP contribution in [0.5, 0.6) is 0 Å². The van der Waals surface area contributed by atoms with Gasteiger partial charge in [0.2, 0.25) is 0 Å². The molecule has 1 fully saturated rings. The van der Waals surface area contributed by atoms with E-state index in [1.54, 1.807) is 38.1 Å². The summed E-state index contributed by atoms with van der Waals surface area (Å²) in [6, 6.07) is -0.584. The summed E-state index contributed by atoms with van der Waals surface area (Å²) in [7, 11) is 0. The topological polar surface area (TPSA) is 101 Å². The van der Waals surface area contributed by atoms with Crippen molar-refractivity contribution in [3.63, 3.8) is 0 Å². The molecule has 1 saturated heterocycles. The van der Waals surface area contributed by atoms with E-state index in [2.05, 4.69) is 20.8 Å². The quantitative estimate of drug-likeness (QED) is 0.840. The van der Waals surface area contributed by atoms with E-state index >= 15 is 0 Å². The lowest BCUT2D eigenvalue weighted by molar-refractivity contribution is 0.0518. The summed E-state index contributed by atoms with van der Waals surface area (Å²) in [5.74, 6) is 0. The molecule has 2 aliphatic rings. The summed E-state index contributed by atoms with van der Waals surface area (Å²) in [6.45, 7) is 6.17. The van der Waals surface area contributed by atoms with Crippen molar-refractivity contribution in [1.82, 2.24) is 30.5 Å². The number of carbonyl (C=O) groups excluding carboxylic acids is 2. The second-order valence-corrected chi connectivity index (χ2v) is 6.52. The van der Waals surface area contributed by atoms with Gasteiger partial charge < -0.3 is 20.3 Å². The fraction of sp³-hybridized carbons (Fsp3) is 0.571. The maximum absolute atomic E-state index is 12.0. The van der Waals surface area contributed by atoms with E-state index < -0.39 is 11.7 Å². The predicted octanol–water partition coefficient (Wildman–Crippen LogP) is 0.420. The van der Waals surface area contributed by atoms with Crippen LogP contribution in [-0.4, -0.2) is 62.8 Å². The Bertz CT molecular complexity index is 633. The summed E-state index contributed by atoms with van der Waals surface area (Å²) in [5.41, 5.74) is 0.176. The molecule has 3 rings (SSSR count). The molecule has 0 aromatic carbocycles. The molecule has 3 amide bonds. The maximum Gasteiger partial charge on any atom is 0.407 e. The number of hydrogen-bond donors (Lipinski definition) is 2. The highest BCUT2D eigenvalue weighted by atomic mass is 16.6. The monoisotopic (exact) mass is 320 g/mol. The van der Waals surface area contributed by atoms with Gasteiger partial charge in [-0.25, -0.2) is 9.59 Å². The number of nitrogens with zero attached hydrogens (tertiary/aromatic N) is 4. The van der Waals surface area contributed by atoms with Gasteiger partial charge in [-0.2, -0.15) is 15.0 Å². The van der Waals surface area contributed by atoms with Crippen LogP contribution in [-0.2, 0) is 4.74 Å². The second-order valence-electron chi connectivity index (χ2n) is 6.52. The Kier molecular flexibility index (Phi) is 3.70. The smallest absolute Gasteiger partial charge is 0.407 e. The van der Waals surface area contributed by atoms with Gasteiger partial charge in [-0.1, -0.05) is 0 Å². The van der Waals surface area contributed by atoms with E-state index in [-0.39, 0.29) is 24.7 Å². The highest BCUT2D eigenvalue weighted by molar-refractivity contribution is 5.82. The van der Waals surface area contributed by atoms with Gasteiger partial charge in [-0.15, -0.1) is 0 Å². The van der Waals surface area contributed by atoms with E-state index in [1.807, 2.05) is 6.08 Å². The molecule has 9 heteroatoms. The van der Waals surface area contributed by atoms with Crippen molar-refractivity contribution < 1.29 is 14.3 Å². The maximum atomic E-state index is 12.0. The predicted molar refractivity (Wildman–Crippen MR) is 81.3 cm³/mol. The van der Waals surface area contributed by atoms with E-state index in [1.165, 1.54) is 4.80 Å². The molecule has 2 atom stereocenters. The first-order chi connectivity index (χ1) is 10.8. The molecule has 3 heterocycles. The number of hydrogen-bond acceptors (Lipinski definition) is 5. The van der Waals surface area contributed by atoms with Gasteiger partial charge in [0.25, 0.3) is 0 Å². The first-order valence-electron chi connectivity index (χ1n) is 7.46. The van der Waals surface area contributed by atoms with Crippen LogP contribution in [0.4, 0.5) is 9.59 Å². The molecular formula is C14H20N6O3. The number of carbonyl (C=O) groups is 2. The average Bonchev–Trinajstić information content (AvgIpc) is 3.05. The van der Waals surface area contributed by atoms with Gasteiger partial charge in [0, 0.05) is 13.1 Å². The standard InChI is InChI=1S/C14H20N6O3/c1-14(2,3)23-13(22)15-7-11-10(20-16-4-5-17-20)6-9-8-19(11)12(21)18-9/h4-6,9,11H,7-8H2,1-3H3,(H,15,22)(H,18,21)/t9-,11+/m1/s1. The molecule has 2 N–H and O–H groups in total. The Hall–Kier alpha value is -2.58. The van der Waals surface area contributed by atoms with E-state index in [9.17, 15) is 9.59 Å². The Labute approximate surface area is 133 Å². The van der Waals surface area contributed by atoms with Gasteiger partial charge in [-0.05, 0) is 26.8 Å². The minimum Gasteiger partial charge on any atom is -0.444 e. The first kappa shape index (κ1) is 15.3. The number of fused-ring (bicyclic) bond motifs is 2.